The first kappa shape index (κ1) is 17.8. The lowest BCUT2D eigenvalue weighted by Gasteiger charge is -2.31. The van der Waals surface area contributed by atoms with Crippen LogP contribution in [0, 0.1) is 5.41 Å². The van der Waals surface area contributed by atoms with Gasteiger partial charge in [-0.25, -0.2) is 5.01 Å². The minimum absolute atomic E-state index is 0.132. The van der Waals surface area contributed by atoms with Crippen molar-refractivity contribution >= 4 is 28.9 Å². The summed E-state index contributed by atoms with van der Waals surface area (Å²) in [4.78, 5) is 14.0. The fourth-order valence-electron chi connectivity index (χ4n) is 3.22. The fraction of sp³-hybridized carbons (Fsp3) is 0.389. The Balaban J connectivity index is 2.02. The van der Waals surface area contributed by atoms with Crippen LogP contribution in [0.15, 0.2) is 50.6 Å². The molecule has 8 nitrogen and oxygen atoms in total. The van der Waals surface area contributed by atoms with Crippen molar-refractivity contribution in [1.82, 2.24) is 9.91 Å². The second-order valence-electron chi connectivity index (χ2n) is 6.26. The number of hydrogen-bond donors (Lipinski definition) is 1. The van der Waals surface area contributed by atoms with Crippen LogP contribution in [0.4, 0.5) is 0 Å². The van der Waals surface area contributed by atoms with Gasteiger partial charge in [-0.3, -0.25) is 10.2 Å². The van der Waals surface area contributed by atoms with E-state index in [-0.39, 0.29) is 29.2 Å². The third-order valence-corrected chi connectivity index (χ3v) is 4.68. The predicted octanol–water partition coefficient (Wildman–Crippen LogP) is 1.18. The number of amides is 1. The predicted molar refractivity (Wildman–Crippen MR) is 98.9 cm³/mol. The van der Waals surface area contributed by atoms with Gasteiger partial charge >= 0.3 is 0 Å². The van der Waals surface area contributed by atoms with E-state index in [1.165, 1.54) is 9.91 Å². The molecule has 0 unspecified atom stereocenters. The number of hydrazone groups is 1. The summed E-state index contributed by atoms with van der Waals surface area (Å²) in [6.45, 7) is 5.66. The second-order valence-corrected chi connectivity index (χ2v) is 6.26. The highest BCUT2D eigenvalue weighted by atomic mass is 16.3. The summed E-state index contributed by atoms with van der Waals surface area (Å²) in [5.74, 6) is -0.475. The highest BCUT2D eigenvalue weighted by molar-refractivity contribution is 6.69. The minimum atomic E-state index is -0.331. The summed E-state index contributed by atoms with van der Waals surface area (Å²) in [6.07, 6.45) is 6.39. The molecule has 2 heterocycles. The minimum Gasteiger partial charge on any atom is -0.859 e. The summed E-state index contributed by atoms with van der Waals surface area (Å²) in [7, 11) is 1.66. The third-order valence-electron chi connectivity index (χ3n) is 4.68. The molecule has 136 valence electrons. The molecule has 0 atom stereocenters. The number of nitrogens with one attached hydrogen (secondary N) is 1. The number of fused-ring (bicyclic) bond motifs is 1. The zero-order valence-electron chi connectivity index (χ0n) is 15.3. The summed E-state index contributed by atoms with van der Waals surface area (Å²) in [5.41, 5.74) is 1.89. The standard InChI is InChI=1S/C18H22N6O2/c1-5-11(6-2)24-17(25)12-8-7-9-13(14(12)18(24)26)20-21-15-10(3)22-23(4)16(15)19/h7-9,11,19,26H,5-6H2,1-4H3/p-1. The molecule has 0 aromatic heterocycles. The van der Waals surface area contributed by atoms with Crippen LogP contribution < -0.4 is 5.11 Å². The zero-order chi connectivity index (χ0) is 19.0. The first-order valence-corrected chi connectivity index (χ1v) is 8.58. The van der Waals surface area contributed by atoms with Gasteiger partial charge in [-0.2, -0.15) is 5.10 Å². The van der Waals surface area contributed by atoms with E-state index in [0.717, 1.165) is 0 Å². The van der Waals surface area contributed by atoms with Crippen LogP contribution in [-0.2, 0) is 4.79 Å². The van der Waals surface area contributed by atoms with Crippen LogP contribution in [0.2, 0.25) is 0 Å². The SMILES string of the molecule is CCC(CC)N1C(=O)C2=CC=CC(=NN=C3C(=N)N(C)N=C3C)C2=C1[O-]. The van der Waals surface area contributed by atoms with E-state index in [2.05, 4.69) is 15.3 Å². The molecule has 2 aliphatic heterocycles. The summed E-state index contributed by atoms with van der Waals surface area (Å²) >= 11 is 0. The van der Waals surface area contributed by atoms with Crippen molar-refractivity contribution in [2.24, 2.45) is 15.3 Å². The van der Waals surface area contributed by atoms with Gasteiger partial charge in [-0.15, -0.1) is 10.2 Å². The summed E-state index contributed by atoms with van der Waals surface area (Å²) in [6, 6.07) is -0.132. The maximum Gasteiger partial charge on any atom is 0.258 e. The molecule has 0 aromatic rings. The Hall–Kier alpha value is -3.03. The van der Waals surface area contributed by atoms with E-state index in [0.29, 0.717) is 35.5 Å². The molecule has 3 rings (SSSR count). The molecule has 0 saturated heterocycles. The van der Waals surface area contributed by atoms with Crippen LogP contribution in [0.3, 0.4) is 0 Å². The largest absolute Gasteiger partial charge is 0.859 e. The van der Waals surface area contributed by atoms with Crippen molar-refractivity contribution in [3.63, 3.8) is 0 Å². The van der Waals surface area contributed by atoms with Gasteiger partial charge in [-0.05, 0) is 37.8 Å². The van der Waals surface area contributed by atoms with Gasteiger partial charge in [0.1, 0.15) is 0 Å². The maximum atomic E-state index is 12.9. The van der Waals surface area contributed by atoms with Crippen molar-refractivity contribution in [2.75, 3.05) is 7.05 Å². The zero-order valence-corrected chi connectivity index (χ0v) is 15.3. The lowest BCUT2D eigenvalue weighted by molar-refractivity contribution is -0.330. The van der Waals surface area contributed by atoms with Crippen molar-refractivity contribution in [1.29, 1.82) is 5.41 Å². The number of nitrogens with zero attached hydrogens (tertiary/aromatic N) is 5. The Labute approximate surface area is 152 Å². The normalized spacial score (nSPS) is 23.0. The number of carbonyl (C=O) groups is 1. The number of rotatable bonds is 4. The number of carbonyl (C=O) groups excluding carboxylic acids is 1. The van der Waals surface area contributed by atoms with E-state index in [9.17, 15) is 9.90 Å². The molecular weight excluding hydrogens is 332 g/mol. The van der Waals surface area contributed by atoms with Crippen molar-refractivity contribution in [3.8, 4) is 0 Å². The first-order chi connectivity index (χ1) is 12.4. The van der Waals surface area contributed by atoms with Gasteiger partial charge in [0.25, 0.3) is 5.91 Å². The van der Waals surface area contributed by atoms with Gasteiger partial charge in [0.15, 0.2) is 11.5 Å². The van der Waals surface area contributed by atoms with Crippen LogP contribution >= 0.6 is 0 Å². The van der Waals surface area contributed by atoms with E-state index in [1.807, 2.05) is 13.8 Å². The van der Waals surface area contributed by atoms with Crippen LogP contribution in [0.1, 0.15) is 33.6 Å². The average Bonchev–Trinajstić information content (AvgIpc) is 3.02. The second kappa shape index (κ2) is 6.70. The summed E-state index contributed by atoms with van der Waals surface area (Å²) < 4.78 is 0. The molecule has 1 amide bonds. The molecule has 26 heavy (non-hydrogen) atoms. The highest BCUT2D eigenvalue weighted by Gasteiger charge is 2.36. The average molecular weight is 353 g/mol. The van der Waals surface area contributed by atoms with E-state index >= 15 is 0 Å². The van der Waals surface area contributed by atoms with Gasteiger partial charge in [0.2, 0.25) is 0 Å². The Morgan fingerprint density at radius 2 is 2.00 bits per heavy atom. The lowest BCUT2D eigenvalue weighted by Crippen LogP contribution is -2.39. The van der Waals surface area contributed by atoms with E-state index in [1.54, 1.807) is 32.2 Å². The molecule has 0 spiro atoms. The molecule has 0 radical (unpaired) electrons. The molecule has 8 heteroatoms. The van der Waals surface area contributed by atoms with Crippen LogP contribution in [-0.4, -0.2) is 51.9 Å². The molecule has 0 saturated carbocycles. The van der Waals surface area contributed by atoms with Crippen molar-refractivity contribution < 1.29 is 9.90 Å². The van der Waals surface area contributed by atoms with Gasteiger partial charge in [-0.1, -0.05) is 19.9 Å². The molecule has 1 aliphatic carbocycles. The van der Waals surface area contributed by atoms with E-state index < -0.39 is 0 Å². The van der Waals surface area contributed by atoms with Crippen molar-refractivity contribution in [3.05, 3.63) is 35.3 Å². The molecule has 1 N–H and O–H groups in total. The molecule has 3 aliphatic rings. The number of hydrogen-bond acceptors (Lipinski definition) is 6. The van der Waals surface area contributed by atoms with Gasteiger partial charge in [0, 0.05) is 18.7 Å². The lowest BCUT2D eigenvalue weighted by atomic mass is 9.98. The van der Waals surface area contributed by atoms with Crippen molar-refractivity contribution in [2.45, 2.75) is 39.7 Å². The number of allylic oxidation sites excluding steroid dienone is 3. The Morgan fingerprint density at radius 1 is 1.31 bits per heavy atom. The maximum absolute atomic E-state index is 12.9. The molecular formula is C18H21N6O2-. The van der Waals surface area contributed by atoms with Crippen LogP contribution in [0.25, 0.3) is 0 Å². The quantitative estimate of drug-likeness (QED) is 0.767. The molecule has 0 aromatic carbocycles. The third kappa shape index (κ3) is 2.67. The fourth-order valence-corrected chi connectivity index (χ4v) is 3.22. The Kier molecular flexibility index (Phi) is 4.58. The van der Waals surface area contributed by atoms with Crippen LogP contribution in [0.5, 0.6) is 0 Å². The molecule has 0 fully saturated rings. The highest BCUT2D eigenvalue weighted by Crippen LogP contribution is 2.33. The van der Waals surface area contributed by atoms with Gasteiger partial charge < -0.3 is 10.0 Å². The topological polar surface area (TPSA) is 108 Å². The monoisotopic (exact) mass is 353 g/mol. The Morgan fingerprint density at radius 3 is 2.58 bits per heavy atom. The summed E-state index contributed by atoms with van der Waals surface area (Å²) in [5, 5.41) is 34.7. The molecule has 0 bridgehead atoms. The smallest absolute Gasteiger partial charge is 0.258 e. The first-order valence-electron chi connectivity index (χ1n) is 8.58. The van der Waals surface area contributed by atoms with Gasteiger partial charge in [0.05, 0.1) is 17.0 Å². The number of amidine groups is 1. The van der Waals surface area contributed by atoms with E-state index in [4.69, 9.17) is 5.41 Å². The Bertz CT molecular complexity index is 855.